The van der Waals surface area contributed by atoms with E-state index < -0.39 is 4.92 Å². The first-order chi connectivity index (χ1) is 11.5. The summed E-state index contributed by atoms with van der Waals surface area (Å²) in [5, 5.41) is 14.4. The third-order valence-corrected chi connectivity index (χ3v) is 4.56. The van der Waals surface area contributed by atoms with E-state index in [1.807, 2.05) is 31.2 Å². The number of halogens is 1. The SMILES string of the molecule is CC(NCc1ccc(Br)c([N+](=O)[O-])c1)c1ccc2c(c1)OCCO2. The molecule has 1 unspecified atom stereocenters. The smallest absolute Gasteiger partial charge is 0.283 e. The van der Waals surface area contributed by atoms with Gasteiger partial charge in [0.15, 0.2) is 11.5 Å². The molecule has 126 valence electrons. The molecule has 0 aliphatic carbocycles. The van der Waals surface area contributed by atoms with Gasteiger partial charge in [0.25, 0.3) is 5.69 Å². The van der Waals surface area contributed by atoms with E-state index in [2.05, 4.69) is 21.2 Å². The highest BCUT2D eigenvalue weighted by molar-refractivity contribution is 9.10. The van der Waals surface area contributed by atoms with Gasteiger partial charge in [-0.1, -0.05) is 12.1 Å². The number of ether oxygens (including phenoxy) is 2. The summed E-state index contributed by atoms with van der Waals surface area (Å²) in [5.41, 5.74) is 2.00. The Hall–Kier alpha value is -2.12. The lowest BCUT2D eigenvalue weighted by Gasteiger charge is -2.21. The fourth-order valence-electron chi connectivity index (χ4n) is 2.53. The van der Waals surface area contributed by atoms with Crippen molar-refractivity contribution in [1.29, 1.82) is 0 Å². The van der Waals surface area contributed by atoms with Gasteiger partial charge >= 0.3 is 0 Å². The van der Waals surface area contributed by atoms with Crippen LogP contribution >= 0.6 is 15.9 Å². The second-order valence-electron chi connectivity index (χ2n) is 5.55. The van der Waals surface area contributed by atoms with Crippen LogP contribution in [0.4, 0.5) is 5.69 Å². The number of hydrogen-bond donors (Lipinski definition) is 1. The fourth-order valence-corrected chi connectivity index (χ4v) is 2.92. The lowest BCUT2D eigenvalue weighted by molar-refractivity contribution is -0.385. The van der Waals surface area contributed by atoms with E-state index in [0.29, 0.717) is 24.2 Å². The molecular weight excluding hydrogens is 376 g/mol. The molecule has 1 heterocycles. The Bertz CT molecular complexity index is 766. The van der Waals surface area contributed by atoms with E-state index in [0.717, 1.165) is 22.6 Å². The Balaban J connectivity index is 1.68. The van der Waals surface area contributed by atoms with Gasteiger partial charge < -0.3 is 14.8 Å². The Kier molecular flexibility index (Phi) is 5.01. The fraction of sp³-hybridized carbons (Fsp3) is 0.294. The maximum absolute atomic E-state index is 11.0. The van der Waals surface area contributed by atoms with Crippen LogP contribution in [0.3, 0.4) is 0 Å². The summed E-state index contributed by atoms with van der Waals surface area (Å²) < 4.78 is 11.6. The molecule has 1 N–H and O–H groups in total. The van der Waals surface area contributed by atoms with Crippen LogP contribution in [0.1, 0.15) is 24.1 Å². The molecule has 1 aliphatic heterocycles. The maximum Gasteiger partial charge on any atom is 0.283 e. The molecule has 2 aromatic carbocycles. The van der Waals surface area contributed by atoms with E-state index in [4.69, 9.17) is 9.47 Å². The van der Waals surface area contributed by atoms with Gasteiger partial charge in [0.05, 0.1) is 9.40 Å². The monoisotopic (exact) mass is 392 g/mol. The van der Waals surface area contributed by atoms with Crippen LogP contribution in [0, 0.1) is 10.1 Å². The number of rotatable bonds is 5. The summed E-state index contributed by atoms with van der Waals surface area (Å²) in [6, 6.07) is 11.1. The van der Waals surface area contributed by atoms with Crippen molar-refractivity contribution in [3.05, 3.63) is 62.1 Å². The topological polar surface area (TPSA) is 73.6 Å². The van der Waals surface area contributed by atoms with Crippen LogP contribution in [0.25, 0.3) is 0 Å². The number of fused-ring (bicyclic) bond motifs is 1. The lowest BCUT2D eigenvalue weighted by atomic mass is 10.1. The minimum Gasteiger partial charge on any atom is -0.486 e. The van der Waals surface area contributed by atoms with Crippen molar-refractivity contribution in [2.24, 2.45) is 0 Å². The molecule has 0 spiro atoms. The van der Waals surface area contributed by atoms with Gasteiger partial charge in [0, 0.05) is 18.7 Å². The van der Waals surface area contributed by atoms with Crippen molar-refractivity contribution >= 4 is 21.6 Å². The molecule has 0 amide bonds. The van der Waals surface area contributed by atoms with Gasteiger partial charge in [0.1, 0.15) is 13.2 Å². The summed E-state index contributed by atoms with van der Waals surface area (Å²) in [4.78, 5) is 10.6. The summed E-state index contributed by atoms with van der Waals surface area (Å²) in [5.74, 6) is 1.52. The summed E-state index contributed by atoms with van der Waals surface area (Å²) >= 11 is 3.19. The zero-order valence-electron chi connectivity index (χ0n) is 13.1. The highest BCUT2D eigenvalue weighted by Gasteiger charge is 2.15. The Morgan fingerprint density at radius 1 is 1.21 bits per heavy atom. The van der Waals surface area contributed by atoms with E-state index in [-0.39, 0.29) is 11.7 Å². The predicted molar refractivity (Wildman–Crippen MR) is 93.5 cm³/mol. The molecule has 0 saturated heterocycles. The number of nitrogens with one attached hydrogen (secondary N) is 1. The molecule has 7 heteroatoms. The third kappa shape index (κ3) is 3.68. The molecule has 1 aliphatic rings. The molecule has 24 heavy (non-hydrogen) atoms. The van der Waals surface area contributed by atoms with Crippen LogP contribution in [0.5, 0.6) is 11.5 Å². The number of benzene rings is 2. The van der Waals surface area contributed by atoms with Crippen molar-refractivity contribution in [2.75, 3.05) is 13.2 Å². The number of hydrogen-bond acceptors (Lipinski definition) is 5. The maximum atomic E-state index is 11.0. The van der Waals surface area contributed by atoms with Crippen LogP contribution < -0.4 is 14.8 Å². The van der Waals surface area contributed by atoms with Crippen molar-refractivity contribution in [2.45, 2.75) is 19.5 Å². The Morgan fingerprint density at radius 2 is 1.96 bits per heavy atom. The molecule has 0 fully saturated rings. The predicted octanol–water partition coefficient (Wildman–Crippen LogP) is 3.98. The average Bonchev–Trinajstić information content (AvgIpc) is 2.60. The first-order valence-electron chi connectivity index (χ1n) is 7.60. The molecule has 0 bridgehead atoms. The Morgan fingerprint density at radius 3 is 2.71 bits per heavy atom. The molecule has 0 saturated carbocycles. The normalized spacial score (nSPS) is 14.2. The van der Waals surface area contributed by atoms with Crippen LogP contribution in [0.15, 0.2) is 40.9 Å². The second-order valence-corrected chi connectivity index (χ2v) is 6.40. The summed E-state index contributed by atoms with van der Waals surface area (Å²) in [6.45, 7) is 3.70. The Labute approximate surface area is 148 Å². The van der Waals surface area contributed by atoms with E-state index in [1.54, 1.807) is 12.1 Å². The first-order valence-corrected chi connectivity index (χ1v) is 8.39. The van der Waals surface area contributed by atoms with Crippen molar-refractivity contribution in [1.82, 2.24) is 5.32 Å². The van der Waals surface area contributed by atoms with Gasteiger partial charge in [-0.25, -0.2) is 0 Å². The first kappa shape index (κ1) is 16.7. The molecular formula is C17H17BrN2O4. The van der Waals surface area contributed by atoms with E-state index in [1.165, 1.54) is 0 Å². The van der Waals surface area contributed by atoms with Gasteiger partial charge in [-0.3, -0.25) is 10.1 Å². The lowest BCUT2D eigenvalue weighted by Crippen LogP contribution is -2.19. The zero-order chi connectivity index (χ0) is 17.1. The van der Waals surface area contributed by atoms with Gasteiger partial charge in [-0.2, -0.15) is 0 Å². The summed E-state index contributed by atoms with van der Waals surface area (Å²) in [6.07, 6.45) is 0. The number of nitrogens with zero attached hydrogens (tertiary/aromatic N) is 1. The second kappa shape index (κ2) is 7.19. The molecule has 1 atom stereocenters. The quantitative estimate of drug-likeness (QED) is 0.615. The molecule has 0 radical (unpaired) electrons. The van der Waals surface area contributed by atoms with Crippen molar-refractivity contribution < 1.29 is 14.4 Å². The molecule has 6 nitrogen and oxygen atoms in total. The largest absolute Gasteiger partial charge is 0.486 e. The molecule has 0 aromatic heterocycles. The minimum atomic E-state index is -0.391. The number of nitro benzene ring substituents is 1. The van der Waals surface area contributed by atoms with Crippen LogP contribution in [0.2, 0.25) is 0 Å². The van der Waals surface area contributed by atoms with Crippen LogP contribution in [-0.2, 0) is 6.54 Å². The highest BCUT2D eigenvalue weighted by atomic mass is 79.9. The van der Waals surface area contributed by atoms with Crippen LogP contribution in [-0.4, -0.2) is 18.1 Å². The average molecular weight is 393 g/mol. The van der Waals surface area contributed by atoms with Crippen molar-refractivity contribution in [3.63, 3.8) is 0 Å². The minimum absolute atomic E-state index is 0.0706. The molecule has 2 aromatic rings. The standard InChI is InChI=1S/C17H17BrN2O4/c1-11(13-3-5-16-17(9-13)24-7-6-23-16)19-10-12-2-4-14(18)15(8-12)20(21)22/h2-5,8-9,11,19H,6-7,10H2,1H3. The summed E-state index contributed by atoms with van der Waals surface area (Å²) in [7, 11) is 0. The molecule has 3 rings (SSSR count). The van der Waals surface area contributed by atoms with Gasteiger partial charge in [-0.15, -0.1) is 0 Å². The highest BCUT2D eigenvalue weighted by Crippen LogP contribution is 2.32. The third-order valence-electron chi connectivity index (χ3n) is 3.89. The van der Waals surface area contributed by atoms with Gasteiger partial charge in [0.2, 0.25) is 0 Å². The van der Waals surface area contributed by atoms with E-state index in [9.17, 15) is 10.1 Å². The van der Waals surface area contributed by atoms with Crippen molar-refractivity contribution in [3.8, 4) is 11.5 Å². The number of nitro groups is 1. The van der Waals surface area contributed by atoms with Gasteiger partial charge in [-0.05, 0) is 52.2 Å². The zero-order valence-corrected chi connectivity index (χ0v) is 14.7. The van der Waals surface area contributed by atoms with E-state index >= 15 is 0 Å².